The molecule has 0 spiro atoms. The van der Waals surface area contributed by atoms with Crippen LogP contribution in [0.4, 0.5) is 0 Å². The standard InChI is InChI=1S/C9H16N2S3/c1-3-9(4-2,5-12)6-13-8-11-10-7-14-8/h7,12H,3-6H2,1-2H3. The van der Waals surface area contributed by atoms with E-state index < -0.39 is 0 Å². The predicted molar refractivity (Wildman–Crippen MR) is 67.5 cm³/mol. The lowest BCUT2D eigenvalue weighted by Gasteiger charge is -2.28. The molecule has 5 heteroatoms. The van der Waals surface area contributed by atoms with E-state index in [1.54, 1.807) is 28.6 Å². The van der Waals surface area contributed by atoms with E-state index in [1.807, 2.05) is 0 Å². The summed E-state index contributed by atoms with van der Waals surface area (Å²) in [5.41, 5.74) is 2.14. The topological polar surface area (TPSA) is 25.8 Å². The van der Waals surface area contributed by atoms with Crippen molar-refractivity contribution in [1.82, 2.24) is 10.2 Å². The monoisotopic (exact) mass is 248 g/mol. The van der Waals surface area contributed by atoms with Gasteiger partial charge in [0.1, 0.15) is 5.51 Å². The second-order valence-electron chi connectivity index (χ2n) is 3.36. The van der Waals surface area contributed by atoms with Crippen LogP contribution in [0, 0.1) is 5.41 Å². The molecule has 14 heavy (non-hydrogen) atoms. The van der Waals surface area contributed by atoms with Crippen molar-refractivity contribution in [2.45, 2.75) is 31.0 Å². The Bertz CT molecular complexity index is 236. The zero-order chi connectivity index (χ0) is 10.4. The van der Waals surface area contributed by atoms with E-state index in [4.69, 9.17) is 0 Å². The maximum Gasteiger partial charge on any atom is 0.174 e. The highest BCUT2D eigenvalue weighted by atomic mass is 32.2. The normalized spacial score (nSPS) is 11.9. The van der Waals surface area contributed by atoms with Crippen LogP contribution in [0.1, 0.15) is 26.7 Å². The highest BCUT2D eigenvalue weighted by Crippen LogP contribution is 2.35. The van der Waals surface area contributed by atoms with Crippen LogP contribution in [0.3, 0.4) is 0 Å². The summed E-state index contributed by atoms with van der Waals surface area (Å²) >= 11 is 7.86. The van der Waals surface area contributed by atoms with Gasteiger partial charge in [-0.2, -0.15) is 12.6 Å². The van der Waals surface area contributed by atoms with Crippen molar-refractivity contribution < 1.29 is 0 Å². The highest BCUT2D eigenvalue weighted by Gasteiger charge is 2.24. The fraction of sp³-hybridized carbons (Fsp3) is 0.778. The molecule has 0 atom stereocenters. The summed E-state index contributed by atoms with van der Waals surface area (Å²) in [4.78, 5) is 0. The average molecular weight is 248 g/mol. The zero-order valence-corrected chi connectivity index (χ0v) is 11.1. The molecule has 0 amide bonds. The molecule has 2 nitrogen and oxygen atoms in total. The summed E-state index contributed by atoms with van der Waals surface area (Å²) in [5.74, 6) is 2.05. The first-order valence-electron chi connectivity index (χ1n) is 4.76. The van der Waals surface area contributed by atoms with Crippen molar-refractivity contribution in [3.8, 4) is 0 Å². The Morgan fingerprint density at radius 1 is 1.50 bits per heavy atom. The second kappa shape index (κ2) is 5.98. The van der Waals surface area contributed by atoms with Crippen LogP contribution in [-0.4, -0.2) is 21.7 Å². The van der Waals surface area contributed by atoms with Crippen molar-refractivity contribution in [1.29, 1.82) is 0 Å². The second-order valence-corrected chi connectivity index (χ2v) is 5.73. The van der Waals surface area contributed by atoms with Gasteiger partial charge in [-0.1, -0.05) is 36.9 Å². The summed E-state index contributed by atoms with van der Waals surface area (Å²) in [5, 5.41) is 7.86. The number of thioether (sulfide) groups is 1. The Kier molecular flexibility index (Phi) is 5.26. The van der Waals surface area contributed by atoms with Gasteiger partial charge in [-0.25, -0.2) is 0 Å². The SMILES string of the molecule is CCC(CC)(CS)CSc1nncs1. The van der Waals surface area contributed by atoms with Crippen LogP contribution in [-0.2, 0) is 0 Å². The smallest absolute Gasteiger partial charge is 0.174 e. The van der Waals surface area contributed by atoms with Crippen molar-refractivity contribution in [3.63, 3.8) is 0 Å². The van der Waals surface area contributed by atoms with Crippen LogP contribution in [0.5, 0.6) is 0 Å². The van der Waals surface area contributed by atoms with Gasteiger partial charge in [-0.15, -0.1) is 10.2 Å². The summed E-state index contributed by atoms with van der Waals surface area (Å²) < 4.78 is 1.07. The Hall–Kier alpha value is 0.260. The van der Waals surface area contributed by atoms with Crippen LogP contribution < -0.4 is 0 Å². The maximum atomic E-state index is 4.45. The predicted octanol–water partition coefficient (Wildman–Crippen LogP) is 3.37. The molecule has 0 aromatic carbocycles. The molecule has 1 heterocycles. The van der Waals surface area contributed by atoms with Gasteiger partial charge in [0.15, 0.2) is 4.34 Å². The molecule has 0 bridgehead atoms. The van der Waals surface area contributed by atoms with Gasteiger partial charge in [0.05, 0.1) is 0 Å². The Morgan fingerprint density at radius 2 is 2.21 bits per heavy atom. The summed E-state index contributed by atoms with van der Waals surface area (Å²) in [6, 6.07) is 0. The Balaban J connectivity index is 2.48. The van der Waals surface area contributed by atoms with Crippen LogP contribution >= 0.6 is 35.7 Å². The molecular formula is C9H16N2S3. The molecule has 1 aromatic rings. The minimum absolute atomic E-state index is 0.361. The van der Waals surface area contributed by atoms with Crippen molar-refractivity contribution >= 4 is 35.7 Å². The van der Waals surface area contributed by atoms with Gasteiger partial charge in [-0.3, -0.25) is 0 Å². The minimum Gasteiger partial charge on any atom is -0.179 e. The third-order valence-corrected chi connectivity index (χ3v) is 5.56. The molecule has 0 aliphatic carbocycles. The molecule has 0 aliphatic heterocycles. The van der Waals surface area contributed by atoms with Gasteiger partial charge in [-0.05, 0) is 24.0 Å². The largest absolute Gasteiger partial charge is 0.179 e. The average Bonchev–Trinajstić information content (AvgIpc) is 2.74. The van der Waals surface area contributed by atoms with Gasteiger partial charge in [0, 0.05) is 5.75 Å². The number of thiol groups is 1. The molecule has 0 saturated heterocycles. The summed E-state index contributed by atoms with van der Waals surface area (Å²) in [6.07, 6.45) is 2.36. The lowest BCUT2D eigenvalue weighted by Crippen LogP contribution is -2.24. The third kappa shape index (κ3) is 3.14. The number of rotatable bonds is 6. The first kappa shape index (κ1) is 12.3. The number of nitrogens with zero attached hydrogens (tertiary/aromatic N) is 2. The number of hydrogen-bond donors (Lipinski definition) is 1. The van der Waals surface area contributed by atoms with Crippen LogP contribution in [0.15, 0.2) is 9.85 Å². The molecule has 80 valence electrons. The van der Waals surface area contributed by atoms with Crippen molar-refractivity contribution in [2.24, 2.45) is 5.41 Å². The third-order valence-electron chi connectivity index (χ3n) is 2.68. The summed E-state index contributed by atoms with van der Waals surface area (Å²) in [6.45, 7) is 4.47. The van der Waals surface area contributed by atoms with E-state index in [-0.39, 0.29) is 0 Å². The Labute approximate surface area is 99.3 Å². The molecule has 0 radical (unpaired) electrons. The fourth-order valence-electron chi connectivity index (χ4n) is 1.16. The van der Waals surface area contributed by atoms with Crippen molar-refractivity contribution in [2.75, 3.05) is 11.5 Å². The van der Waals surface area contributed by atoms with Gasteiger partial charge in [0.2, 0.25) is 0 Å². The zero-order valence-electron chi connectivity index (χ0n) is 8.56. The minimum atomic E-state index is 0.361. The van der Waals surface area contributed by atoms with E-state index in [2.05, 4.69) is 36.7 Å². The molecule has 0 saturated carbocycles. The van der Waals surface area contributed by atoms with E-state index in [9.17, 15) is 0 Å². The molecule has 1 rings (SSSR count). The van der Waals surface area contributed by atoms with Gasteiger partial charge >= 0.3 is 0 Å². The first-order valence-corrected chi connectivity index (χ1v) is 7.26. The van der Waals surface area contributed by atoms with Gasteiger partial charge < -0.3 is 0 Å². The quantitative estimate of drug-likeness (QED) is 0.617. The molecule has 1 aromatic heterocycles. The highest BCUT2D eigenvalue weighted by molar-refractivity contribution is 8.01. The fourth-order valence-corrected chi connectivity index (χ4v) is 3.78. The molecule has 0 aliphatic rings. The lowest BCUT2D eigenvalue weighted by atomic mass is 9.87. The molecule has 0 unspecified atom stereocenters. The van der Waals surface area contributed by atoms with Crippen LogP contribution in [0.25, 0.3) is 0 Å². The Morgan fingerprint density at radius 3 is 2.64 bits per heavy atom. The van der Waals surface area contributed by atoms with E-state index in [0.717, 1.165) is 15.8 Å². The van der Waals surface area contributed by atoms with E-state index >= 15 is 0 Å². The number of hydrogen-bond acceptors (Lipinski definition) is 5. The molecule has 0 fully saturated rings. The van der Waals surface area contributed by atoms with Gasteiger partial charge in [0.25, 0.3) is 0 Å². The van der Waals surface area contributed by atoms with Crippen LogP contribution in [0.2, 0.25) is 0 Å². The first-order chi connectivity index (χ1) is 6.76. The molecule has 0 N–H and O–H groups in total. The summed E-state index contributed by atoms with van der Waals surface area (Å²) in [7, 11) is 0. The maximum absolute atomic E-state index is 4.45. The molecular weight excluding hydrogens is 232 g/mol. The van der Waals surface area contributed by atoms with Crippen molar-refractivity contribution in [3.05, 3.63) is 5.51 Å². The lowest BCUT2D eigenvalue weighted by molar-refractivity contribution is 0.357. The van der Waals surface area contributed by atoms with E-state index in [1.165, 1.54) is 12.8 Å². The number of aromatic nitrogens is 2. The van der Waals surface area contributed by atoms with E-state index in [0.29, 0.717) is 5.41 Å².